The normalized spacial score (nSPS) is 10.3. The van der Waals surface area contributed by atoms with E-state index in [4.69, 9.17) is 0 Å². The molecule has 0 unspecified atom stereocenters. The lowest BCUT2D eigenvalue weighted by Crippen LogP contribution is -2.27. The highest BCUT2D eigenvalue weighted by Crippen LogP contribution is 2.08. The second-order valence-electron chi connectivity index (χ2n) is 3.99. The molecule has 0 spiro atoms. The Hall–Kier alpha value is -1.82. The average molecular weight is 276 g/mol. The first-order chi connectivity index (χ1) is 9.34. The van der Waals surface area contributed by atoms with Gasteiger partial charge in [0.2, 0.25) is 5.91 Å². The quantitative estimate of drug-likeness (QED) is 0.802. The fourth-order valence-corrected chi connectivity index (χ4v) is 2.31. The van der Waals surface area contributed by atoms with Crippen molar-refractivity contribution < 1.29 is 4.79 Å². The highest BCUT2D eigenvalue weighted by atomic mass is 32.2. The molecule has 19 heavy (non-hydrogen) atoms. The predicted octanol–water partition coefficient (Wildman–Crippen LogP) is 1.40. The van der Waals surface area contributed by atoms with Gasteiger partial charge in [0, 0.05) is 36.8 Å². The van der Waals surface area contributed by atoms with Crippen molar-refractivity contribution in [1.82, 2.24) is 20.3 Å². The monoisotopic (exact) mass is 276 g/mol. The molecule has 0 saturated carbocycles. The SMILES string of the molecule is O=C(CSCc1ccccn1)NCCc1cnc[nH]1. The number of rotatable bonds is 7. The Bertz CT molecular complexity index is 487. The Balaban J connectivity index is 1.57. The van der Waals surface area contributed by atoms with Gasteiger partial charge in [-0.05, 0) is 12.1 Å². The van der Waals surface area contributed by atoms with Gasteiger partial charge in [-0.1, -0.05) is 6.07 Å². The summed E-state index contributed by atoms with van der Waals surface area (Å²) in [4.78, 5) is 22.7. The van der Waals surface area contributed by atoms with E-state index in [0.29, 0.717) is 12.3 Å². The van der Waals surface area contributed by atoms with Crippen molar-refractivity contribution in [1.29, 1.82) is 0 Å². The summed E-state index contributed by atoms with van der Waals surface area (Å²) in [6.07, 6.45) is 5.94. The summed E-state index contributed by atoms with van der Waals surface area (Å²) in [6, 6.07) is 5.80. The van der Waals surface area contributed by atoms with E-state index in [9.17, 15) is 4.79 Å². The highest BCUT2D eigenvalue weighted by molar-refractivity contribution is 7.99. The lowest BCUT2D eigenvalue weighted by molar-refractivity contribution is -0.118. The van der Waals surface area contributed by atoms with Crippen LogP contribution < -0.4 is 5.32 Å². The van der Waals surface area contributed by atoms with Crippen LogP contribution in [0.25, 0.3) is 0 Å². The largest absolute Gasteiger partial charge is 0.355 e. The summed E-state index contributed by atoms with van der Waals surface area (Å²) >= 11 is 1.57. The van der Waals surface area contributed by atoms with Crippen LogP contribution in [0.1, 0.15) is 11.4 Å². The topological polar surface area (TPSA) is 70.7 Å². The number of carbonyl (C=O) groups excluding carboxylic acids is 1. The molecule has 2 heterocycles. The van der Waals surface area contributed by atoms with Gasteiger partial charge in [0.25, 0.3) is 0 Å². The van der Waals surface area contributed by atoms with Crippen LogP contribution in [0.15, 0.2) is 36.9 Å². The Morgan fingerprint density at radius 3 is 3.11 bits per heavy atom. The van der Waals surface area contributed by atoms with Crippen LogP contribution in [0.2, 0.25) is 0 Å². The molecule has 0 aliphatic rings. The van der Waals surface area contributed by atoms with E-state index in [1.165, 1.54) is 0 Å². The number of pyridine rings is 1. The van der Waals surface area contributed by atoms with Crippen LogP contribution in [0, 0.1) is 0 Å². The molecule has 100 valence electrons. The number of imidazole rings is 1. The maximum Gasteiger partial charge on any atom is 0.230 e. The molecule has 2 aromatic heterocycles. The fourth-order valence-electron chi connectivity index (χ4n) is 1.54. The van der Waals surface area contributed by atoms with Crippen molar-refractivity contribution in [2.45, 2.75) is 12.2 Å². The molecular formula is C13H16N4OS. The summed E-state index contributed by atoms with van der Waals surface area (Å²) in [6.45, 7) is 0.630. The molecule has 2 rings (SSSR count). The number of H-pyrrole nitrogens is 1. The van der Waals surface area contributed by atoms with Gasteiger partial charge in [-0.2, -0.15) is 0 Å². The van der Waals surface area contributed by atoms with E-state index in [1.54, 1.807) is 30.5 Å². The third-order valence-electron chi connectivity index (χ3n) is 2.48. The van der Waals surface area contributed by atoms with Crippen molar-refractivity contribution >= 4 is 17.7 Å². The minimum atomic E-state index is 0.0560. The summed E-state index contributed by atoms with van der Waals surface area (Å²) in [5, 5.41) is 2.88. The Morgan fingerprint density at radius 1 is 1.42 bits per heavy atom. The van der Waals surface area contributed by atoms with Crippen molar-refractivity contribution in [3.05, 3.63) is 48.3 Å². The van der Waals surface area contributed by atoms with Crippen LogP contribution in [0.5, 0.6) is 0 Å². The van der Waals surface area contributed by atoms with Crippen molar-refractivity contribution in [3.63, 3.8) is 0 Å². The number of hydrogen-bond acceptors (Lipinski definition) is 4. The molecule has 0 aliphatic heterocycles. The van der Waals surface area contributed by atoms with E-state index >= 15 is 0 Å². The Morgan fingerprint density at radius 2 is 2.37 bits per heavy atom. The van der Waals surface area contributed by atoms with Gasteiger partial charge in [0.05, 0.1) is 17.8 Å². The molecule has 6 heteroatoms. The molecule has 0 aromatic carbocycles. The fraction of sp³-hybridized carbons (Fsp3) is 0.308. The number of nitrogens with one attached hydrogen (secondary N) is 2. The van der Waals surface area contributed by atoms with Crippen molar-refractivity contribution in [3.8, 4) is 0 Å². The van der Waals surface area contributed by atoms with Crippen LogP contribution in [0.4, 0.5) is 0 Å². The van der Waals surface area contributed by atoms with E-state index in [1.807, 2.05) is 18.2 Å². The number of aromatic amines is 1. The van der Waals surface area contributed by atoms with E-state index in [-0.39, 0.29) is 5.91 Å². The van der Waals surface area contributed by atoms with Crippen LogP contribution in [-0.4, -0.2) is 33.2 Å². The highest BCUT2D eigenvalue weighted by Gasteiger charge is 2.02. The van der Waals surface area contributed by atoms with Crippen molar-refractivity contribution in [2.24, 2.45) is 0 Å². The molecule has 5 nitrogen and oxygen atoms in total. The van der Waals surface area contributed by atoms with Crippen LogP contribution in [0.3, 0.4) is 0 Å². The number of hydrogen-bond donors (Lipinski definition) is 2. The zero-order chi connectivity index (χ0) is 13.3. The number of thioether (sulfide) groups is 1. The summed E-state index contributed by atoms with van der Waals surface area (Å²) < 4.78 is 0. The van der Waals surface area contributed by atoms with E-state index in [0.717, 1.165) is 23.6 Å². The predicted molar refractivity (Wildman–Crippen MR) is 75.7 cm³/mol. The molecule has 0 atom stereocenters. The van der Waals surface area contributed by atoms with Gasteiger partial charge >= 0.3 is 0 Å². The van der Waals surface area contributed by atoms with Gasteiger partial charge in [-0.25, -0.2) is 4.98 Å². The smallest absolute Gasteiger partial charge is 0.230 e. The maximum atomic E-state index is 11.6. The summed E-state index contributed by atoms with van der Waals surface area (Å²) in [5.74, 6) is 1.27. The number of nitrogens with zero attached hydrogens (tertiary/aromatic N) is 2. The Labute approximate surface area is 116 Å². The van der Waals surface area contributed by atoms with Crippen molar-refractivity contribution in [2.75, 3.05) is 12.3 Å². The Kier molecular flexibility index (Phi) is 5.43. The maximum absolute atomic E-state index is 11.6. The molecule has 0 radical (unpaired) electrons. The molecule has 2 N–H and O–H groups in total. The zero-order valence-corrected chi connectivity index (χ0v) is 11.3. The van der Waals surface area contributed by atoms with Gasteiger partial charge < -0.3 is 10.3 Å². The minimum absolute atomic E-state index is 0.0560. The standard InChI is InChI=1S/C13H16N4OS/c18-13(16-6-4-11-7-14-10-17-11)9-19-8-12-3-1-2-5-15-12/h1-3,5,7,10H,4,6,8-9H2,(H,14,17)(H,16,18). The molecule has 0 aliphatic carbocycles. The van der Waals surface area contributed by atoms with E-state index in [2.05, 4.69) is 20.3 Å². The number of carbonyl (C=O) groups is 1. The molecular weight excluding hydrogens is 260 g/mol. The van der Waals surface area contributed by atoms with E-state index < -0.39 is 0 Å². The lowest BCUT2D eigenvalue weighted by Gasteiger charge is -2.04. The summed E-state index contributed by atoms with van der Waals surface area (Å²) in [5.41, 5.74) is 2.03. The third-order valence-corrected chi connectivity index (χ3v) is 3.45. The molecule has 2 aromatic rings. The van der Waals surface area contributed by atoms with Gasteiger partial charge in [0.15, 0.2) is 0 Å². The van der Waals surface area contributed by atoms with Crippen LogP contribution in [-0.2, 0) is 17.0 Å². The zero-order valence-electron chi connectivity index (χ0n) is 10.5. The lowest BCUT2D eigenvalue weighted by atomic mass is 10.3. The van der Waals surface area contributed by atoms with Gasteiger partial charge in [-0.3, -0.25) is 9.78 Å². The van der Waals surface area contributed by atoms with Gasteiger partial charge in [-0.15, -0.1) is 11.8 Å². The molecule has 0 bridgehead atoms. The molecule has 0 saturated heterocycles. The first kappa shape index (κ1) is 13.6. The average Bonchev–Trinajstić information content (AvgIpc) is 2.93. The second-order valence-corrected chi connectivity index (χ2v) is 4.98. The number of aromatic nitrogens is 3. The van der Waals surface area contributed by atoms with Crippen LogP contribution >= 0.6 is 11.8 Å². The first-order valence-corrected chi connectivity index (χ1v) is 7.21. The summed E-state index contributed by atoms with van der Waals surface area (Å²) in [7, 11) is 0. The minimum Gasteiger partial charge on any atom is -0.355 e. The van der Waals surface area contributed by atoms with Gasteiger partial charge in [0.1, 0.15) is 0 Å². The second kappa shape index (κ2) is 7.58. The molecule has 1 amide bonds. The third kappa shape index (κ3) is 5.13. The number of amides is 1. The first-order valence-electron chi connectivity index (χ1n) is 6.06. The molecule has 0 fully saturated rings.